The van der Waals surface area contributed by atoms with E-state index in [9.17, 15) is 14.4 Å². The summed E-state index contributed by atoms with van der Waals surface area (Å²) in [6.07, 6.45) is 4.40. The molecule has 7 nitrogen and oxygen atoms in total. The van der Waals surface area contributed by atoms with E-state index in [-0.39, 0.29) is 24.2 Å². The van der Waals surface area contributed by atoms with Crippen molar-refractivity contribution in [3.05, 3.63) is 0 Å². The molecule has 2 aliphatic heterocycles. The van der Waals surface area contributed by atoms with Gasteiger partial charge in [0.25, 0.3) is 0 Å². The normalized spacial score (nSPS) is 22.1. The SMILES string of the molecule is CCCCCOC(=O)CC1C(=O)NCCN1C(=O)C1CCNCC1. The predicted octanol–water partition coefficient (Wildman–Crippen LogP) is 0.437. The molecule has 0 saturated carbocycles. The summed E-state index contributed by atoms with van der Waals surface area (Å²) in [7, 11) is 0. The summed E-state index contributed by atoms with van der Waals surface area (Å²) < 4.78 is 5.20. The van der Waals surface area contributed by atoms with Crippen LogP contribution in [0.25, 0.3) is 0 Å². The van der Waals surface area contributed by atoms with E-state index in [0.717, 1.165) is 45.2 Å². The highest BCUT2D eigenvalue weighted by Gasteiger charge is 2.37. The van der Waals surface area contributed by atoms with E-state index in [1.165, 1.54) is 0 Å². The molecule has 1 unspecified atom stereocenters. The summed E-state index contributed by atoms with van der Waals surface area (Å²) in [5.41, 5.74) is 0. The molecule has 0 spiro atoms. The van der Waals surface area contributed by atoms with Crippen LogP contribution in [0.5, 0.6) is 0 Å². The fourth-order valence-corrected chi connectivity index (χ4v) is 3.24. The van der Waals surface area contributed by atoms with Gasteiger partial charge in [0.1, 0.15) is 6.04 Å². The van der Waals surface area contributed by atoms with Crippen LogP contribution in [0.4, 0.5) is 0 Å². The zero-order valence-corrected chi connectivity index (χ0v) is 14.5. The number of amides is 2. The molecule has 136 valence electrons. The zero-order valence-electron chi connectivity index (χ0n) is 14.5. The third-order valence-electron chi connectivity index (χ3n) is 4.67. The molecule has 2 N–H and O–H groups in total. The number of carbonyl (C=O) groups is 3. The summed E-state index contributed by atoms with van der Waals surface area (Å²) in [6.45, 7) is 5.00. The van der Waals surface area contributed by atoms with Gasteiger partial charge in [0.15, 0.2) is 0 Å². The lowest BCUT2D eigenvalue weighted by Crippen LogP contribution is -2.59. The van der Waals surface area contributed by atoms with Gasteiger partial charge in [-0.15, -0.1) is 0 Å². The summed E-state index contributed by atoms with van der Waals surface area (Å²) in [5, 5.41) is 5.98. The van der Waals surface area contributed by atoms with Gasteiger partial charge in [-0.05, 0) is 32.4 Å². The smallest absolute Gasteiger partial charge is 0.308 e. The molecule has 2 amide bonds. The van der Waals surface area contributed by atoms with Crippen LogP contribution >= 0.6 is 0 Å². The molecule has 7 heteroatoms. The van der Waals surface area contributed by atoms with Gasteiger partial charge in [-0.1, -0.05) is 19.8 Å². The van der Waals surface area contributed by atoms with Crippen molar-refractivity contribution in [2.75, 3.05) is 32.8 Å². The number of nitrogens with zero attached hydrogens (tertiary/aromatic N) is 1. The van der Waals surface area contributed by atoms with Gasteiger partial charge in [-0.25, -0.2) is 0 Å². The van der Waals surface area contributed by atoms with Gasteiger partial charge in [-0.3, -0.25) is 14.4 Å². The molecule has 0 bridgehead atoms. The van der Waals surface area contributed by atoms with E-state index in [4.69, 9.17) is 4.74 Å². The Morgan fingerprint density at radius 3 is 2.67 bits per heavy atom. The van der Waals surface area contributed by atoms with Crippen LogP contribution in [-0.2, 0) is 19.1 Å². The number of ether oxygens (including phenoxy) is 1. The summed E-state index contributed by atoms with van der Waals surface area (Å²) in [5.74, 6) is -0.722. The summed E-state index contributed by atoms with van der Waals surface area (Å²) in [4.78, 5) is 38.5. The Balaban J connectivity index is 1.91. The first-order valence-electron chi connectivity index (χ1n) is 9.08. The second-order valence-electron chi connectivity index (χ2n) is 6.49. The Kier molecular flexibility index (Phi) is 7.49. The van der Waals surface area contributed by atoms with Crippen molar-refractivity contribution in [3.63, 3.8) is 0 Å². The van der Waals surface area contributed by atoms with Crippen molar-refractivity contribution in [2.24, 2.45) is 5.92 Å². The Morgan fingerprint density at radius 1 is 1.21 bits per heavy atom. The molecule has 1 atom stereocenters. The van der Waals surface area contributed by atoms with Gasteiger partial charge in [-0.2, -0.15) is 0 Å². The number of esters is 1. The molecule has 0 aliphatic carbocycles. The average Bonchev–Trinajstić information content (AvgIpc) is 2.60. The van der Waals surface area contributed by atoms with E-state index in [1.807, 2.05) is 0 Å². The molecule has 2 heterocycles. The van der Waals surface area contributed by atoms with Crippen molar-refractivity contribution >= 4 is 17.8 Å². The van der Waals surface area contributed by atoms with Crippen LogP contribution in [0.1, 0.15) is 45.4 Å². The first-order chi connectivity index (χ1) is 11.6. The average molecular weight is 339 g/mol. The molecule has 0 radical (unpaired) electrons. The highest BCUT2D eigenvalue weighted by atomic mass is 16.5. The molecule has 2 aliphatic rings. The number of nitrogens with one attached hydrogen (secondary N) is 2. The molecule has 0 aromatic heterocycles. The largest absolute Gasteiger partial charge is 0.466 e. The maximum atomic E-state index is 12.8. The molecule has 2 saturated heterocycles. The van der Waals surface area contributed by atoms with Crippen LogP contribution in [0.15, 0.2) is 0 Å². The van der Waals surface area contributed by atoms with Crippen molar-refractivity contribution < 1.29 is 19.1 Å². The number of hydrogen-bond acceptors (Lipinski definition) is 5. The monoisotopic (exact) mass is 339 g/mol. The van der Waals surface area contributed by atoms with Crippen molar-refractivity contribution in [2.45, 2.75) is 51.5 Å². The van der Waals surface area contributed by atoms with Gasteiger partial charge < -0.3 is 20.3 Å². The van der Waals surface area contributed by atoms with Crippen LogP contribution < -0.4 is 10.6 Å². The molecule has 0 aromatic carbocycles. The quantitative estimate of drug-likeness (QED) is 0.519. The maximum Gasteiger partial charge on any atom is 0.308 e. The second kappa shape index (κ2) is 9.61. The van der Waals surface area contributed by atoms with Crippen molar-refractivity contribution in [1.29, 1.82) is 0 Å². The fraction of sp³-hybridized carbons (Fsp3) is 0.824. The standard InChI is InChI=1S/C17H29N3O4/c1-2-3-4-11-24-15(21)12-14-16(22)19-9-10-20(14)17(23)13-5-7-18-8-6-13/h13-14,18H,2-12H2,1H3,(H,19,22). The second-order valence-corrected chi connectivity index (χ2v) is 6.49. The van der Waals surface area contributed by atoms with Crippen molar-refractivity contribution in [1.82, 2.24) is 15.5 Å². The number of piperazine rings is 1. The number of hydrogen-bond donors (Lipinski definition) is 2. The number of piperidine rings is 1. The molecule has 24 heavy (non-hydrogen) atoms. The van der Waals surface area contributed by atoms with Crippen LogP contribution in [0, 0.1) is 5.92 Å². The molecule has 2 fully saturated rings. The summed E-state index contributed by atoms with van der Waals surface area (Å²) >= 11 is 0. The Hall–Kier alpha value is -1.63. The van der Waals surface area contributed by atoms with Gasteiger partial charge >= 0.3 is 5.97 Å². The van der Waals surface area contributed by atoms with Crippen LogP contribution in [0.2, 0.25) is 0 Å². The third kappa shape index (κ3) is 5.19. The van der Waals surface area contributed by atoms with Gasteiger partial charge in [0, 0.05) is 19.0 Å². The minimum absolute atomic E-state index is 0.00451. The van der Waals surface area contributed by atoms with Crippen molar-refractivity contribution in [3.8, 4) is 0 Å². The van der Waals surface area contributed by atoms with E-state index >= 15 is 0 Å². The zero-order chi connectivity index (χ0) is 17.4. The Labute approximate surface area is 143 Å². The fourth-order valence-electron chi connectivity index (χ4n) is 3.24. The predicted molar refractivity (Wildman–Crippen MR) is 89.2 cm³/mol. The van der Waals surface area contributed by atoms with E-state index in [0.29, 0.717) is 19.7 Å². The van der Waals surface area contributed by atoms with E-state index < -0.39 is 12.0 Å². The molecule has 0 aromatic rings. The first kappa shape index (κ1) is 18.7. The Bertz CT molecular complexity index is 449. The topological polar surface area (TPSA) is 87.7 Å². The highest BCUT2D eigenvalue weighted by Crippen LogP contribution is 2.19. The summed E-state index contributed by atoms with van der Waals surface area (Å²) in [6, 6.07) is -0.736. The number of carbonyl (C=O) groups excluding carboxylic acids is 3. The van der Waals surface area contributed by atoms with E-state index in [1.54, 1.807) is 4.90 Å². The highest BCUT2D eigenvalue weighted by molar-refractivity contribution is 5.92. The number of rotatable bonds is 7. The molecular weight excluding hydrogens is 310 g/mol. The lowest BCUT2D eigenvalue weighted by atomic mass is 9.95. The lowest BCUT2D eigenvalue weighted by molar-refractivity contribution is -0.153. The number of unbranched alkanes of at least 4 members (excludes halogenated alkanes) is 2. The maximum absolute atomic E-state index is 12.8. The van der Waals surface area contributed by atoms with Gasteiger partial charge in [0.2, 0.25) is 11.8 Å². The third-order valence-corrected chi connectivity index (χ3v) is 4.67. The van der Waals surface area contributed by atoms with E-state index in [2.05, 4.69) is 17.6 Å². The minimum atomic E-state index is -0.736. The first-order valence-corrected chi connectivity index (χ1v) is 9.08. The van der Waals surface area contributed by atoms with Crippen LogP contribution in [0.3, 0.4) is 0 Å². The molecule has 2 rings (SSSR count). The Morgan fingerprint density at radius 2 is 1.96 bits per heavy atom. The van der Waals surface area contributed by atoms with Crippen LogP contribution in [-0.4, -0.2) is 61.5 Å². The lowest BCUT2D eigenvalue weighted by Gasteiger charge is -2.37. The molecular formula is C17H29N3O4. The van der Waals surface area contributed by atoms with Gasteiger partial charge in [0.05, 0.1) is 13.0 Å². The minimum Gasteiger partial charge on any atom is -0.466 e.